The molecule has 0 radical (unpaired) electrons. The molecule has 1 aliphatic rings. The zero-order valence-corrected chi connectivity index (χ0v) is 10.6. The summed E-state index contributed by atoms with van der Waals surface area (Å²) in [6, 6.07) is 3.38. The normalized spacial score (nSPS) is 20.8. The Labute approximate surface area is 105 Å². The maximum Gasteiger partial charge on any atom is 0.252 e. The van der Waals surface area contributed by atoms with Crippen LogP contribution in [0, 0.1) is 0 Å². The molecular weight excluding hydrogens is 238 g/mol. The second-order valence-electron chi connectivity index (χ2n) is 4.35. The number of nitrogens with one attached hydrogen (secondary N) is 1. The molecule has 0 aliphatic carbocycles. The van der Waals surface area contributed by atoms with Crippen molar-refractivity contribution in [2.24, 2.45) is 0 Å². The van der Waals surface area contributed by atoms with Crippen LogP contribution in [0.15, 0.2) is 22.8 Å². The zero-order valence-electron chi connectivity index (χ0n) is 9.81. The van der Waals surface area contributed by atoms with Crippen molar-refractivity contribution < 1.29 is 14.3 Å². The van der Waals surface area contributed by atoms with Gasteiger partial charge in [-0.05, 0) is 43.4 Å². The molecule has 1 aromatic rings. The van der Waals surface area contributed by atoms with Gasteiger partial charge in [-0.3, -0.25) is 4.79 Å². The van der Waals surface area contributed by atoms with E-state index in [2.05, 4.69) is 5.32 Å². The molecule has 1 unspecified atom stereocenters. The number of furan rings is 1. The minimum absolute atomic E-state index is 0.212. The Bertz CT molecular complexity index is 371. The fourth-order valence-electron chi connectivity index (χ4n) is 1.88. The lowest BCUT2D eigenvalue weighted by molar-refractivity contribution is -0.141. The van der Waals surface area contributed by atoms with E-state index in [4.69, 9.17) is 4.42 Å². The van der Waals surface area contributed by atoms with Crippen LogP contribution in [0.2, 0.25) is 0 Å². The van der Waals surface area contributed by atoms with Gasteiger partial charge < -0.3 is 14.8 Å². The number of hydrogen-bond acceptors (Lipinski definition) is 4. The van der Waals surface area contributed by atoms with Gasteiger partial charge in [0.05, 0.1) is 12.3 Å². The molecule has 2 rings (SSSR count). The van der Waals surface area contributed by atoms with Crippen molar-refractivity contribution >= 4 is 17.7 Å². The van der Waals surface area contributed by atoms with Crippen LogP contribution in [0.1, 0.15) is 31.6 Å². The average Bonchev–Trinajstić information content (AvgIpc) is 2.83. The Kier molecular flexibility index (Phi) is 3.79. The summed E-state index contributed by atoms with van der Waals surface area (Å²) in [5.74, 6) is 2.08. The second-order valence-corrected chi connectivity index (χ2v) is 5.58. The molecule has 0 spiro atoms. The highest BCUT2D eigenvalue weighted by Gasteiger charge is 2.38. The third kappa shape index (κ3) is 2.84. The first-order chi connectivity index (χ1) is 8.12. The van der Waals surface area contributed by atoms with E-state index >= 15 is 0 Å². The van der Waals surface area contributed by atoms with Crippen LogP contribution in [-0.4, -0.2) is 28.1 Å². The first kappa shape index (κ1) is 12.5. The standard InChI is InChI=1S/C12H17NO3S/c1-9(10-3-2-6-16-10)13-11(14)12(15)4-7-17-8-5-12/h2-3,6,9,15H,4-5,7-8H2,1H3,(H,13,14). The van der Waals surface area contributed by atoms with Crippen LogP contribution in [0.5, 0.6) is 0 Å². The van der Waals surface area contributed by atoms with Crippen LogP contribution in [-0.2, 0) is 4.79 Å². The number of hydrogen-bond donors (Lipinski definition) is 2. The van der Waals surface area contributed by atoms with Crippen LogP contribution >= 0.6 is 11.8 Å². The lowest BCUT2D eigenvalue weighted by atomic mass is 9.95. The SMILES string of the molecule is CC(NC(=O)C1(O)CCSCC1)c1ccco1. The molecule has 1 atom stereocenters. The average molecular weight is 255 g/mol. The molecule has 2 N–H and O–H groups in total. The number of amides is 1. The van der Waals surface area contributed by atoms with Gasteiger partial charge in [0.15, 0.2) is 0 Å². The summed E-state index contributed by atoms with van der Waals surface area (Å²) in [5.41, 5.74) is -1.20. The minimum Gasteiger partial charge on any atom is -0.467 e. The van der Waals surface area contributed by atoms with Crippen molar-refractivity contribution in [1.82, 2.24) is 5.32 Å². The summed E-state index contributed by atoms with van der Waals surface area (Å²) in [6.45, 7) is 1.84. The summed E-state index contributed by atoms with van der Waals surface area (Å²) >= 11 is 1.77. The van der Waals surface area contributed by atoms with Crippen LogP contribution < -0.4 is 5.32 Å². The van der Waals surface area contributed by atoms with Crippen molar-refractivity contribution in [3.05, 3.63) is 24.2 Å². The first-order valence-electron chi connectivity index (χ1n) is 5.76. The van der Waals surface area contributed by atoms with Gasteiger partial charge in [-0.2, -0.15) is 11.8 Å². The van der Waals surface area contributed by atoms with E-state index < -0.39 is 5.60 Å². The van der Waals surface area contributed by atoms with Gasteiger partial charge in [-0.15, -0.1) is 0 Å². The molecule has 5 heteroatoms. The van der Waals surface area contributed by atoms with Gasteiger partial charge in [-0.1, -0.05) is 0 Å². The van der Waals surface area contributed by atoms with E-state index in [1.807, 2.05) is 13.0 Å². The molecule has 0 saturated carbocycles. The number of aliphatic hydroxyl groups is 1. The third-order valence-corrected chi connectivity index (χ3v) is 4.05. The van der Waals surface area contributed by atoms with E-state index in [1.54, 1.807) is 24.1 Å². The van der Waals surface area contributed by atoms with Crippen LogP contribution in [0.3, 0.4) is 0 Å². The minimum atomic E-state index is -1.20. The summed E-state index contributed by atoms with van der Waals surface area (Å²) in [5, 5.41) is 13.0. The smallest absolute Gasteiger partial charge is 0.252 e. The Balaban J connectivity index is 1.96. The highest BCUT2D eigenvalue weighted by molar-refractivity contribution is 7.99. The fourth-order valence-corrected chi connectivity index (χ4v) is 3.04. The lowest BCUT2D eigenvalue weighted by Gasteiger charge is -2.31. The monoisotopic (exact) mass is 255 g/mol. The van der Waals surface area contributed by atoms with Gasteiger partial charge in [0, 0.05) is 0 Å². The van der Waals surface area contributed by atoms with E-state index in [1.165, 1.54) is 0 Å². The van der Waals surface area contributed by atoms with Gasteiger partial charge in [-0.25, -0.2) is 0 Å². The quantitative estimate of drug-likeness (QED) is 0.863. The fraction of sp³-hybridized carbons (Fsp3) is 0.583. The van der Waals surface area contributed by atoms with Crippen molar-refractivity contribution in [3.8, 4) is 0 Å². The molecule has 4 nitrogen and oxygen atoms in total. The highest BCUT2D eigenvalue weighted by atomic mass is 32.2. The molecule has 1 aliphatic heterocycles. The first-order valence-corrected chi connectivity index (χ1v) is 6.92. The predicted molar refractivity (Wildman–Crippen MR) is 66.8 cm³/mol. The van der Waals surface area contributed by atoms with E-state index in [0.29, 0.717) is 18.6 Å². The molecule has 1 fully saturated rings. The maximum absolute atomic E-state index is 12.0. The van der Waals surface area contributed by atoms with E-state index in [0.717, 1.165) is 11.5 Å². The zero-order chi connectivity index (χ0) is 12.3. The summed E-state index contributed by atoms with van der Waals surface area (Å²) in [4.78, 5) is 12.0. The highest BCUT2D eigenvalue weighted by Crippen LogP contribution is 2.27. The van der Waals surface area contributed by atoms with Crippen molar-refractivity contribution in [1.29, 1.82) is 0 Å². The predicted octanol–water partition coefficient (Wildman–Crippen LogP) is 1.71. The van der Waals surface area contributed by atoms with Crippen molar-refractivity contribution in [3.63, 3.8) is 0 Å². The Morgan fingerprint density at radius 3 is 2.88 bits per heavy atom. The summed E-state index contributed by atoms with van der Waals surface area (Å²) in [7, 11) is 0. The molecular formula is C12H17NO3S. The second kappa shape index (κ2) is 5.14. The van der Waals surface area contributed by atoms with Crippen molar-refractivity contribution in [2.45, 2.75) is 31.4 Å². The number of carbonyl (C=O) groups excluding carboxylic acids is 1. The Morgan fingerprint density at radius 2 is 2.29 bits per heavy atom. The van der Waals surface area contributed by atoms with Crippen LogP contribution in [0.4, 0.5) is 0 Å². The summed E-state index contributed by atoms with van der Waals surface area (Å²) in [6.07, 6.45) is 2.62. The van der Waals surface area contributed by atoms with Gasteiger partial charge >= 0.3 is 0 Å². The molecule has 0 bridgehead atoms. The van der Waals surface area contributed by atoms with Gasteiger partial charge in [0.1, 0.15) is 11.4 Å². The van der Waals surface area contributed by atoms with Gasteiger partial charge in [0.2, 0.25) is 0 Å². The van der Waals surface area contributed by atoms with E-state index in [-0.39, 0.29) is 11.9 Å². The molecule has 17 heavy (non-hydrogen) atoms. The molecule has 1 aromatic heterocycles. The van der Waals surface area contributed by atoms with E-state index in [9.17, 15) is 9.90 Å². The number of rotatable bonds is 3. The largest absolute Gasteiger partial charge is 0.467 e. The lowest BCUT2D eigenvalue weighted by Crippen LogP contribution is -2.49. The van der Waals surface area contributed by atoms with Gasteiger partial charge in [0.25, 0.3) is 5.91 Å². The summed E-state index contributed by atoms with van der Waals surface area (Å²) < 4.78 is 5.22. The molecule has 1 saturated heterocycles. The van der Waals surface area contributed by atoms with Crippen molar-refractivity contribution in [2.75, 3.05) is 11.5 Å². The Hall–Kier alpha value is -0.940. The molecule has 2 heterocycles. The maximum atomic E-state index is 12.0. The van der Waals surface area contributed by atoms with Crippen LogP contribution in [0.25, 0.3) is 0 Å². The molecule has 94 valence electrons. The molecule has 1 amide bonds. The number of thioether (sulfide) groups is 1. The number of carbonyl (C=O) groups is 1. The third-order valence-electron chi connectivity index (χ3n) is 3.06. The topological polar surface area (TPSA) is 62.5 Å². The molecule has 0 aromatic carbocycles. The Morgan fingerprint density at radius 1 is 1.59 bits per heavy atom.